The van der Waals surface area contributed by atoms with Crippen molar-refractivity contribution in [2.24, 2.45) is 0 Å². The standard InChI is InChI=1S/C22H23ClN2O6/c23-18-4-1-15(2-5-18)14-31-19-6-3-16(12-20(26)27)11-17(19)13-24-7-9-25(10-8-24)21(28)22(29)30/h1-6,11H,7-10,12-14H2,(H,26,27)(H,29,30). The highest BCUT2D eigenvalue weighted by atomic mass is 35.5. The van der Waals surface area contributed by atoms with E-state index in [2.05, 4.69) is 4.90 Å². The summed E-state index contributed by atoms with van der Waals surface area (Å²) in [5, 5.41) is 18.6. The van der Waals surface area contributed by atoms with Crippen LogP contribution in [-0.4, -0.2) is 64.0 Å². The number of carbonyl (C=O) groups is 3. The van der Waals surface area contributed by atoms with Gasteiger partial charge in [-0.1, -0.05) is 35.9 Å². The Kier molecular flexibility index (Phi) is 7.49. The van der Waals surface area contributed by atoms with E-state index in [-0.39, 0.29) is 6.42 Å². The summed E-state index contributed by atoms with van der Waals surface area (Å²) in [6, 6.07) is 12.6. The average molecular weight is 447 g/mol. The molecule has 0 unspecified atom stereocenters. The summed E-state index contributed by atoms with van der Waals surface area (Å²) in [5.41, 5.74) is 2.46. The summed E-state index contributed by atoms with van der Waals surface area (Å²) in [7, 11) is 0. The molecule has 164 valence electrons. The van der Waals surface area contributed by atoms with Crippen LogP contribution in [0.25, 0.3) is 0 Å². The van der Waals surface area contributed by atoms with Gasteiger partial charge in [0.25, 0.3) is 0 Å². The van der Waals surface area contributed by atoms with Gasteiger partial charge in [0.2, 0.25) is 0 Å². The second kappa shape index (κ2) is 10.3. The van der Waals surface area contributed by atoms with Crippen LogP contribution in [0, 0.1) is 0 Å². The predicted molar refractivity (Wildman–Crippen MR) is 113 cm³/mol. The quantitative estimate of drug-likeness (QED) is 0.628. The molecule has 0 aromatic heterocycles. The van der Waals surface area contributed by atoms with Crippen LogP contribution in [0.1, 0.15) is 16.7 Å². The Bertz CT molecular complexity index is 955. The smallest absolute Gasteiger partial charge is 0.394 e. The van der Waals surface area contributed by atoms with Crippen molar-refractivity contribution in [3.05, 3.63) is 64.2 Å². The van der Waals surface area contributed by atoms with E-state index in [0.717, 1.165) is 11.1 Å². The van der Waals surface area contributed by atoms with Gasteiger partial charge < -0.3 is 19.8 Å². The maximum Gasteiger partial charge on any atom is 0.394 e. The Labute approximate surface area is 184 Å². The van der Waals surface area contributed by atoms with Crippen LogP contribution in [0.2, 0.25) is 5.02 Å². The molecule has 9 heteroatoms. The van der Waals surface area contributed by atoms with Crippen molar-refractivity contribution in [2.75, 3.05) is 26.2 Å². The van der Waals surface area contributed by atoms with Crippen molar-refractivity contribution in [3.8, 4) is 5.75 Å². The summed E-state index contributed by atoms with van der Waals surface area (Å²) >= 11 is 5.92. The first kappa shape index (κ1) is 22.6. The SMILES string of the molecule is O=C(O)Cc1ccc(OCc2ccc(Cl)cc2)c(CN2CCN(C(=O)C(=O)O)CC2)c1. The highest BCUT2D eigenvalue weighted by Gasteiger charge is 2.26. The summed E-state index contributed by atoms with van der Waals surface area (Å²) in [6.45, 7) is 2.50. The third-order valence-corrected chi connectivity index (χ3v) is 5.28. The minimum Gasteiger partial charge on any atom is -0.489 e. The highest BCUT2D eigenvalue weighted by Crippen LogP contribution is 2.24. The summed E-state index contributed by atoms with van der Waals surface area (Å²) < 4.78 is 6.00. The Morgan fingerprint density at radius 1 is 0.935 bits per heavy atom. The second-order valence-electron chi connectivity index (χ2n) is 7.30. The van der Waals surface area contributed by atoms with Crippen LogP contribution >= 0.6 is 11.6 Å². The zero-order valence-electron chi connectivity index (χ0n) is 16.8. The van der Waals surface area contributed by atoms with E-state index in [1.54, 1.807) is 24.3 Å². The molecule has 2 N–H and O–H groups in total. The minimum atomic E-state index is -1.45. The molecule has 1 fully saturated rings. The molecule has 1 aliphatic rings. The summed E-state index contributed by atoms with van der Waals surface area (Å²) in [6.07, 6.45) is -0.0919. The number of halogens is 1. The molecule has 2 aromatic rings. The molecule has 0 atom stereocenters. The van der Waals surface area contributed by atoms with Crippen molar-refractivity contribution in [2.45, 2.75) is 19.6 Å². The fraction of sp³-hybridized carbons (Fsp3) is 0.318. The first-order chi connectivity index (χ1) is 14.8. The largest absolute Gasteiger partial charge is 0.489 e. The predicted octanol–water partition coefficient (Wildman–Crippen LogP) is 2.27. The van der Waals surface area contributed by atoms with Crippen molar-refractivity contribution >= 4 is 29.4 Å². The number of carbonyl (C=O) groups excluding carboxylic acids is 1. The maximum atomic E-state index is 11.6. The Morgan fingerprint density at radius 3 is 2.19 bits per heavy atom. The van der Waals surface area contributed by atoms with Gasteiger partial charge in [-0.05, 0) is 29.3 Å². The first-order valence-corrected chi connectivity index (χ1v) is 10.1. The molecule has 1 aliphatic heterocycles. The third kappa shape index (κ3) is 6.44. The van der Waals surface area contributed by atoms with Gasteiger partial charge in [0.05, 0.1) is 6.42 Å². The lowest BCUT2D eigenvalue weighted by atomic mass is 10.1. The molecule has 0 bridgehead atoms. The number of benzene rings is 2. The van der Waals surface area contributed by atoms with Gasteiger partial charge in [-0.15, -0.1) is 0 Å². The molecule has 0 aliphatic carbocycles. The number of carboxylic acid groups (broad SMARTS) is 2. The molecule has 1 saturated heterocycles. The van der Waals surface area contributed by atoms with E-state index in [9.17, 15) is 14.4 Å². The van der Waals surface area contributed by atoms with Crippen LogP contribution < -0.4 is 4.74 Å². The minimum absolute atomic E-state index is 0.0919. The van der Waals surface area contributed by atoms with E-state index in [4.69, 9.17) is 26.6 Å². The fourth-order valence-electron chi connectivity index (χ4n) is 3.41. The lowest BCUT2D eigenvalue weighted by molar-refractivity contribution is -0.156. The van der Waals surface area contributed by atoms with Crippen molar-refractivity contribution < 1.29 is 29.3 Å². The molecule has 31 heavy (non-hydrogen) atoms. The van der Waals surface area contributed by atoms with Crippen LogP contribution in [0.4, 0.5) is 0 Å². The number of hydrogen-bond acceptors (Lipinski definition) is 5. The molecule has 1 heterocycles. The van der Waals surface area contributed by atoms with Gasteiger partial charge in [-0.25, -0.2) is 4.79 Å². The number of amides is 1. The Morgan fingerprint density at radius 2 is 1.58 bits per heavy atom. The van der Waals surface area contributed by atoms with Gasteiger partial charge in [0.1, 0.15) is 12.4 Å². The van der Waals surface area contributed by atoms with E-state index in [1.165, 1.54) is 4.90 Å². The fourth-order valence-corrected chi connectivity index (χ4v) is 3.53. The van der Waals surface area contributed by atoms with Crippen molar-refractivity contribution in [1.29, 1.82) is 0 Å². The molecule has 3 rings (SSSR count). The van der Waals surface area contributed by atoms with Gasteiger partial charge in [-0.3, -0.25) is 14.5 Å². The van der Waals surface area contributed by atoms with Gasteiger partial charge in [-0.2, -0.15) is 0 Å². The van der Waals surface area contributed by atoms with Crippen LogP contribution in [0.3, 0.4) is 0 Å². The lowest BCUT2D eigenvalue weighted by Crippen LogP contribution is -2.50. The molecule has 0 spiro atoms. The molecule has 0 saturated carbocycles. The first-order valence-electron chi connectivity index (χ1n) is 9.77. The molecule has 0 radical (unpaired) electrons. The summed E-state index contributed by atoms with van der Waals surface area (Å²) in [4.78, 5) is 37.0. The Balaban J connectivity index is 1.70. The number of rotatable bonds is 7. The monoisotopic (exact) mass is 446 g/mol. The molecule has 8 nitrogen and oxygen atoms in total. The van der Waals surface area contributed by atoms with E-state index in [1.807, 2.05) is 18.2 Å². The average Bonchev–Trinajstić information content (AvgIpc) is 2.74. The Hall–Kier alpha value is -3.10. The molecular formula is C22H23ClN2O6. The number of ether oxygens (including phenoxy) is 1. The zero-order valence-corrected chi connectivity index (χ0v) is 17.5. The number of piperazine rings is 1. The molecule has 1 amide bonds. The van der Waals surface area contributed by atoms with E-state index >= 15 is 0 Å². The van der Waals surface area contributed by atoms with E-state index < -0.39 is 17.8 Å². The van der Waals surface area contributed by atoms with Crippen molar-refractivity contribution in [3.63, 3.8) is 0 Å². The normalized spacial score (nSPS) is 14.3. The van der Waals surface area contributed by atoms with Gasteiger partial charge in [0, 0.05) is 43.3 Å². The van der Waals surface area contributed by atoms with Crippen molar-refractivity contribution in [1.82, 2.24) is 9.80 Å². The van der Waals surface area contributed by atoms with Gasteiger partial charge in [0.15, 0.2) is 0 Å². The van der Waals surface area contributed by atoms with E-state index in [0.29, 0.717) is 55.7 Å². The number of nitrogens with zero attached hydrogens (tertiary/aromatic N) is 2. The number of carboxylic acids is 2. The second-order valence-corrected chi connectivity index (χ2v) is 7.74. The zero-order chi connectivity index (χ0) is 22.4. The molecular weight excluding hydrogens is 424 g/mol. The number of aliphatic carboxylic acids is 2. The van der Waals surface area contributed by atoms with Crippen LogP contribution in [-0.2, 0) is 34.0 Å². The molecule has 2 aromatic carbocycles. The maximum absolute atomic E-state index is 11.6. The lowest BCUT2D eigenvalue weighted by Gasteiger charge is -2.34. The topological polar surface area (TPSA) is 107 Å². The summed E-state index contributed by atoms with van der Waals surface area (Å²) in [5.74, 6) is -2.61. The highest BCUT2D eigenvalue weighted by molar-refractivity contribution is 6.31. The van der Waals surface area contributed by atoms with Crippen LogP contribution in [0.5, 0.6) is 5.75 Å². The number of hydrogen-bond donors (Lipinski definition) is 2. The van der Waals surface area contributed by atoms with Gasteiger partial charge >= 0.3 is 17.8 Å². The van der Waals surface area contributed by atoms with Crippen LogP contribution in [0.15, 0.2) is 42.5 Å². The third-order valence-electron chi connectivity index (χ3n) is 5.02.